The number of carbonyl (C=O) groups is 3. The van der Waals surface area contributed by atoms with E-state index in [1.807, 2.05) is 48.2 Å². The molecule has 4 aromatic rings. The van der Waals surface area contributed by atoms with Gasteiger partial charge in [0.15, 0.2) is 11.5 Å². The maximum Gasteiger partial charge on any atom is 1.00 e. The number of aryl methyl sites for hydroxylation is 1. The molecule has 2 aliphatic rings. The van der Waals surface area contributed by atoms with Crippen molar-refractivity contribution >= 4 is 54.0 Å². The fraction of sp³-hybridized carbons (Fsp3) is 0.366. The van der Waals surface area contributed by atoms with Crippen LogP contribution in [0.1, 0.15) is 91.9 Å². The zero-order valence-electron chi connectivity index (χ0n) is 31.9. The fourth-order valence-electron chi connectivity index (χ4n) is 6.61. The number of anilines is 1. The number of nitrogens with one attached hydrogen (secondary N) is 2. The maximum absolute atomic E-state index is 14.0. The summed E-state index contributed by atoms with van der Waals surface area (Å²) in [5.74, 6) is 1.72. The number of piperidine rings is 2. The second-order valence-corrected chi connectivity index (χ2v) is 13.4. The molecule has 6 rings (SSSR count). The van der Waals surface area contributed by atoms with E-state index >= 15 is 0 Å². The molecule has 0 saturated carbocycles. The number of unbranched alkanes of at least 4 members (excludes halogenated alkanes) is 1. The molecule has 2 aliphatic heterocycles. The van der Waals surface area contributed by atoms with Crippen molar-refractivity contribution in [1.29, 1.82) is 0 Å². The summed E-state index contributed by atoms with van der Waals surface area (Å²) in [5.41, 5.74) is 3.88. The first-order valence-corrected chi connectivity index (χ1v) is 18.0. The van der Waals surface area contributed by atoms with Crippen molar-refractivity contribution in [3.05, 3.63) is 95.8 Å². The molecule has 14 heteroatoms. The summed E-state index contributed by atoms with van der Waals surface area (Å²) in [6.45, 7) is 9.44. The molecule has 3 heterocycles. The van der Waals surface area contributed by atoms with Gasteiger partial charge in [0, 0.05) is 49.2 Å². The number of imide groups is 1. The van der Waals surface area contributed by atoms with Crippen LogP contribution in [0.3, 0.4) is 0 Å². The van der Waals surface area contributed by atoms with Crippen LogP contribution in [0.25, 0.3) is 10.9 Å². The standard InChI is InChI=1S/C36H38BFN4O4.C5H6NO2.Li/c1-22-27(21-43)17-29(38)18-30(22)25-11-13-42(14-12-25)35(44)10-5-6-15-46-34-20-32-31(19-33(34)45-4)36(41-24(3)40-32)39-23(2)26-8-7-9-28(37)16-26;7-4-2-1-3-5(8)6-4;/h7-9,16-20,23,25H,1,5-6,10-15H2,2-4H3,(H,39,40,41);2H,1,3H2,(H,6,7,8);/q-2;-1;+1/t23-;;/m1../s1. The first-order valence-electron chi connectivity index (χ1n) is 18.0. The van der Waals surface area contributed by atoms with Gasteiger partial charge in [-0.15, -0.1) is 6.07 Å². The number of likely N-dealkylation sites (tertiary alicyclic amines) is 1. The number of hydrogen-bond acceptors (Lipinski definition) is 9. The third kappa shape index (κ3) is 11.5. The van der Waals surface area contributed by atoms with Crippen LogP contribution in [0.2, 0.25) is 0 Å². The van der Waals surface area contributed by atoms with Crippen molar-refractivity contribution in [2.45, 2.75) is 70.8 Å². The number of aromatic nitrogens is 2. The summed E-state index contributed by atoms with van der Waals surface area (Å²) in [6.07, 6.45) is 7.46. The molecule has 0 spiro atoms. The summed E-state index contributed by atoms with van der Waals surface area (Å²) in [4.78, 5) is 55.8. The van der Waals surface area contributed by atoms with Gasteiger partial charge in [-0.05, 0) is 57.4 Å². The van der Waals surface area contributed by atoms with E-state index in [2.05, 4.69) is 34.4 Å². The SMILES string of the molecule is O=C1[CH-]CCC(=O)N1.[B]c1cccc([C@@H](C)Nc2nc(C)nc3cc(OCCCCC(=O)N4CCC(c5cc(F)cc([C-]=O)c5[CH2-])CC4)c(OC)cc23)c1.[Li+]. The van der Waals surface area contributed by atoms with Gasteiger partial charge in [-0.3, -0.25) is 27.6 Å². The number of halogens is 1. The predicted molar refractivity (Wildman–Crippen MR) is 205 cm³/mol. The average Bonchev–Trinajstić information content (AvgIpc) is 3.15. The van der Waals surface area contributed by atoms with Gasteiger partial charge in [0.2, 0.25) is 11.8 Å². The number of amides is 3. The summed E-state index contributed by atoms with van der Waals surface area (Å²) in [7, 11) is 7.58. The van der Waals surface area contributed by atoms with E-state index in [1.165, 1.54) is 12.5 Å². The molecule has 2 radical (unpaired) electrons. The van der Waals surface area contributed by atoms with Gasteiger partial charge in [0.25, 0.3) is 0 Å². The molecule has 55 heavy (non-hydrogen) atoms. The third-order valence-corrected chi connectivity index (χ3v) is 9.51. The Bertz CT molecular complexity index is 1990. The molecule has 1 atom stereocenters. The van der Waals surface area contributed by atoms with Crippen molar-refractivity contribution in [3.63, 3.8) is 0 Å². The zero-order chi connectivity index (χ0) is 38.8. The topological polar surface area (TPSA) is 140 Å². The second-order valence-electron chi connectivity index (χ2n) is 13.4. The molecule has 0 aliphatic carbocycles. The summed E-state index contributed by atoms with van der Waals surface area (Å²) in [5, 5.41) is 6.44. The van der Waals surface area contributed by atoms with E-state index in [-0.39, 0.29) is 54.1 Å². The van der Waals surface area contributed by atoms with E-state index in [0.717, 1.165) is 28.1 Å². The Balaban J connectivity index is 0.000000664. The molecular weight excluding hydrogens is 695 g/mol. The van der Waals surface area contributed by atoms with E-state index < -0.39 is 5.82 Å². The zero-order valence-corrected chi connectivity index (χ0v) is 31.9. The molecule has 3 aromatic carbocycles. The van der Waals surface area contributed by atoms with Crippen LogP contribution in [0.4, 0.5) is 10.2 Å². The van der Waals surface area contributed by atoms with Gasteiger partial charge in [0.1, 0.15) is 19.5 Å². The van der Waals surface area contributed by atoms with Crippen LogP contribution >= 0.6 is 0 Å². The number of nitrogens with zero attached hydrogens (tertiary/aromatic N) is 3. The number of hydrogen-bond donors (Lipinski definition) is 2. The van der Waals surface area contributed by atoms with Crippen molar-refractivity contribution in [3.8, 4) is 11.5 Å². The average molecular weight is 740 g/mol. The second kappa shape index (κ2) is 20.1. The molecular formula is C41H44BFLiN5O6-2. The monoisotopic (exact) mass is 739 g/mol. The first-order chi connectivity index (χ1) is 25.9. The van der Waals surface area contributed by atoms with Crippen LogP contribution in [-0.2, 0) is 19.2 Å². The van der Waals surface area contributed by atoms with Gasteiger partial charge < -0.3 is 41.0 Å². The Kier molecular flexibility index (Phi) is 15.6. The minimum atomic E-state index is -0.465. The molecule has 2 fully saturated rings. The molecule has 2 N–H and O–H groups in total. The molecule has 0 bridgehead atoms. The summed E-state index contributed by atoms with van der Waals surface area (Å²) in [6, 6.07) is 14.1. The molecule has 0 unspecified atom stereocenters. The van der Waals surface area contributed by atoms with Crippen LogP contribution < -0.4 is 44.4 Å². The van der Waals surface area contributed by atoms with Gasteiger partial charge >= 0.3 is 18.9 Å². The van der Waals surface area contributed by atoms with Gasteiger partial charge in [-0.1, -0.05) is 35.6 Å². The summed E-state index contributed by atoms with van der Waals surface area (Å²) >= 11 is 0. The number of rotatable bonds is 12. The Morgan fingerprint density at radius 2 is 1.91 bits per heavy atom. The minimum Gasteiger partial charge on any atom is -0.493 e. The van der Waals surface area contributed by atoms with Crippen molar-refractivity contribution in [2.24, 2.45) is 0 Å². The van der Waals surface area contributed by atoms with Gasteiger partial charge in [-0.25, -0.2) is 14.4 Å². The van der Waals surface area contributed by atoms with Crippen molar-refractivity contribution in [2.75, 3.05) is 32.1 Å². The summed E-state index contributed by atoms with van der Waals surface area (Å²) < 4.78 is 25.8. The van der Waals surface area contributed by atoms with Gasteiger partial charge in [-0.2, -0.15) is 18.1 Å². The fourth-order valence-corrected chi connectivity index (χ4v) is 6.61. The predicted octanol–water partition coefficient (Wildman–Crippen LogP) is 2.28. The third-order valence-electron chi connectivity index (χ3n) is 9.51. The Hall–Kier alpha value is -4.99. The van der Waals surface area contributed by atoms with Crippen molar-refractivity contribution < 1.29 is 51.9 Å². The number of benzene rings is 3. The Morgan fingerprint density at radius 3 is 2.56 bits per heavy atom. The van der Waals surface area contributed by atoms with Crippen LogP contribution in [0.5, 0.6) is 11.5 Å². The largest absolute Gasteiger partial charge is 1.00 e. The molecule has 2 saturated heterocycles. The van der Waals surface area contributed by atoms with E-state index in [1.54, 1.807) is 13.4 Å². The van der Waals surface area contributed by atoms with E-state index in [4.69, 9.17) is 17.3 Å². The molecule has 282 valence electrons. The first kappa shape index (κ1) is 42.7. The molecule has 3 amide bonds. The Morgan fingerprint density at radius 1 is 1.15 bits per heavy atom. The number of fused-ring (bicyclic) bond motifs is 1. The normalized spacial score (nSPS) is 14.7. The van der Waals surface area contributed by atoms with E-state index in [9.17, 15) is 23.6 Å². The number of carbonyl (C=O) groups excluding carboxylic acids is 4. The van der Waals surface area contributed by atoms with Crippen molar-refractivity contribution in [1.82, 2.24) is 20.2 Å². The number of ether oxygens (including phenoxy) is 2. The Labute approximate surface area is 335 Å². The van der Waals surface area contributed by atoms with E-state index in [0.29, 0.717) is 98.8 Å². The van der Waals surface area contributed by atoms with Crippen LogP contribution in [0.15, 0.2) is 48.5 Å². The maximum atomic E-state index is 14.0. The molecule has 1 aromatic heterocycles. The molecule has 11 nitrogen and oxygen atoms in total. The quantitative estimate of drug-likeness (QED) is 0.0970. The minimum absolute atomic E-state index is 0. The number of methoxy groups -OCH3 is 1. The van der Waals surface area contributed by atoms with Crippen LogP contribution in [0, 0.1) is 26.1 Å². The smallest absolute Gasteiger partial charge is 0.493 e. The van der Waals surface area contributed by atoms with Crippen LogP contribution in [-0.4, -0.2) is 73.5 Å². The van der Waals surface area contributed by atoms with Gasteiger partial charge in [0.05, 0.1) is 25.1 Å².